The van der Waals surface area contributed by atoms with Gasteiger partial charge in [-0.2, -0.15) is 0 Å². The van der Waals surface area contributed by atoms with Crippen molar-refractivity contribution in [2.75, 3.05) is 0 Å². The first-order valence-electron chi connectivity index (χ1n) is 5.67. The van der Waals surface area contributed by atoms with Gasteiger partial charge in [-0.3, -0.25) is 0 Å². The van der Waals surface area contributed by atoms with E-state index in [1.54, 1.807) is 0 Å². The summed E-state index contributed by atoms with van der Waals surface area (Å²) < 4.78 is 0. The van der Waals surface area contributed by atoms with Gasteiger partial charge in [0.15, 0.2) is 0 Å². The first kappa shape index (κ1) is 12.0. The summed E-state index contributed by atoms with van der Waals surface area (Å²) in [5, 5.41) is 0. The van der Waals surface area contributed by atoms with Crippen molar-refractivity contribution >= 4 is 6.29 Å². The molecule has 1 nitrogen and oxygen atoms in total. The third-order valence-electron chi connectivity index (χ3n) is 3.00. The Bertz CT molecular complexity index is 318. The molecule has 0 saturated carbocycles. The van der Waals surface area contributed by atoms with Crippen molar-refractivity contribution in [3.63, 3.8) is 0 Å². The fraction of sp³-hybridized carbons (Fsp3) is 0.500. The molecule has 15 heavy (non-hydrogen) atoms. The van der Waals surface area contributed by atoms with Gasteiger partial charge >= 0.3 is 0 Å². The van der Waals surface area contributed by atoms with Crippen molar-refractivity contribution in [3.05, 3.63) is 34.9 Å². The summed E-state index contributed by atoms with van der Waals surface area (Å²) in [4.78, 5) is 10.4. The molecule has 0 saturated heterocycles. The van der Waals surface area contributed by atoms with E-state index in [1.165, 1.54) is 16.7 Å². The van der Waals surface area contributed by atoms with E-state index in [1.807, 2.05) is 0 Å². The molecule has 1 aliphatic rings. The van der Waals surface area contributed by atoms with Crippen LogP contribution in [0.3, 0.4) is 0 Å². The normalized spacial score (nSPS) is 22.1. The van der Waals surface area contributed by atoms with Crippen LogP contribution in [-0.4, -0.2) is 6.29 Å². The van der Waals surface area contributed by atoms with E-state index in [4.69, 9.17) is 0 Å². The maximum atomic E-state index is 10.4. The van der Waals surface area contributed by atoms with Crippen LogP contribution in [0.4, 0.5) is 0 Å². The lowest BCUT2D eigenvalue weighted by molar-refractivity contribution is -0.107. The van der Waals surface area contributed by atoms with Gasteiger partial charge in [-0.05, 0) is 49.3 Å². The molecule has 0 heterocycles. The average molecular weight is 204 g/mol. The van der Waals surface area contributed by atoms with Gasteiger partial charge in [0.25, 0.3) is 0 Å². The third-order valence-corrected chi connectivity index (χ3v) is 3.00. The van der Waals surface area contributed by atoms with Crippen LogP contribution in [0, 0.1) is 5.92 Å². The minimum absolute atomic E-state index is 0.591. The lowest BCUT2D eigenvalue weighted by Gasteiger charge is -2.23. The van der Waals surface area contributed by atoms with E-state index in [0.29, 0.717) is 12.3 Å². The van der Waals surface area contributed by atoms with Crippen LogP contribution in [0.1, 0.15) is 40.0 Å². The maximum Gasteiger partial charge on any atom is 0.120 e. The molecule has 0 bridgehead atoms. The predicted octanol–water partition coefficient (Wildman–Crippen LogP) is 3.82. The quantitative estimate of drug-likeness (QED) is 0.636. The van der Waals surface area contributed by atoms with Crippen molar-refractivity contribution in [2.45, 2.75) is 40.0 Å². The summed E-state index contributed by atoms with van der Waals surface area (Å²) in [6, 6.07) is 0. The number of hydrogen-bond acceptors (Lipinski definition) is 1. The molecular formula is C14H20O. The van der Waals surface area contributed by atoms with Crippen LogP contribution in [-0.2, 0) is 4.79 Å². The topological polar surface area (TPSA) is 17.1 Å². The highest BCUT2D eigenvalue weighted by atomic mass is 16.1. The number of rotatable bonds is 4. The summed E-state index contributed by atoms with van der Waals surface area (Å²) in [5.74, 6) is 0.591. The van der Waals surface area contributed by atoms with E-state index >= 15 is 0 Å². The highest BCUT2D eigenvalue weighted by Gasteiger charge is 2.16. The fourth-order valence-corrected chi connectivity index (χ4v) is 2.26. The Hall–Kier alpha value is -1.11. The molecule has 0 amide bonds. The zero-order valence-corrected chi connectivity index (χ0v) is 9.92. The van der Waals surface area contributed by atoms with E-state index < -0.39 is 0 Å². The molecule has 1 unspecified atom stereocenters. The van der Waals surface area contributed by atoms with Crippen molar-refractivity contribution in [3.8, 4) is 0 Å². The van der Waals surface area contributed by atoms with Gasteiger partial charge < -0.3 is 4.79 Å². The van der Waals surface area contributed by atoms with Gasteiger partial charge in [0, 0.05) is 6.42 Å². The summed E-state index contributed by atoms with van der Waals surface area (Å²) >= 11 is 0. The Kier molecular flexibility index (Phi) is 4.54. The molecule has 0 aromatic heterocycles. The van der Waals surface area contributed by atoms with Gasteiger partial charge in [-0.15, -0.1) is 0 Å². The first-order chi connectivity index (χ1) is 7.20. The molecule has 1 atom stereocenters. The van der Waals surface area contributed by atoms with E-state index in [0.717, 1.165) is 19.1 Å². The molecule has 0 aromatic rings. The molecular weight excluding hydrogens is 184 g/mol. The fourth-order valence-electron chi connectivity index (χ4n) is 2.26. The largest absolute Gasteiger partial charge is 0.303 e. The monoisotopic (exact) mass is 204 g/mol. The van der Waals surface area contributed by atoms with Crippen LogP contribution >= 0.6 is 0 Å². The molecule has 0 N–H and O–H groups in total. The Morgan fingerprint density at radius 2 is 2.33 bits per heavy atom. The van der Waals surface area contributed by atoms with Crippen molar-refractivity contribution in [1.82, 2.24) is 0 Å². The minimum Gasteiger partial charge on any atom is -0.303 e. The second kappa shape index (κ2) is 5.69. The van der Waals surface area contributed by atoms with Crippen molar-refractivity contribution < 1.29 is 4.79 Å². The van der Waals surface area contributed by atoms with Crippen LogP contribution in [0.15, 0.2) is 34.9 Å². The third kappa shape index (κ3) is 2.92. The highest BCUT2D eigenvalue weighted by molar-refractivity contribution is 5.52. The lowest BCUT2D eigenvalue weighted by Crippen LogP contribution is -2.07. The van der Waals surface area contributed by atoms with Crippen LogP contribution in [0.2, 0.25) is 0 Å². The number of carbonyl (C=O) groups is 1. The highest BCUT2D eigenvalue weighted by Crippen LogP contribution is 2.32. The zero-order valence-electron chi connectivity index (χ0n) is 9.92. The van der Waals surface area contributed by atoms with E-state index in [-0.39, 0.29) is 0 Å². The Morgan fingerprint density at radius 1 is 1.60 bits per heavy atom. The zero-order chi connectivity index (χ0) is 11.3. The summed E-state index contributed by atoms with van der Waals surface area (Å²) in [6.45, 7) is 6.48. The molecule has 0 aromatic carbocycles. The van der Waals surface area contributed by atoms with E-state index in [9.17, 15) is 4.79 Å². The summed E-state index contributed by atoms with van der Waals surface area (Å²) in [7, 11) is 0. The summed E-state index contributed by atoms with van der Waals surface area (Å²) in [5.41, 5.74) is 4.14. The molecule has 0 spiro atoms. The molecule has 82 valence electrons. The number of hydrogen-bond donors (Lipinski definition) is 0. The lowest BCUT2D eigenvalue weighted by atomic mass is 9.82. The van der Waals surface area contributed by atoms with Gasteiger partial charge in [-0.1, -0.05) is 25.2 Å². The molecule has 1 rings (SSSR count). The molecule has 0 aliphatic heterocycles. The predicted molar refractivity (Wildman–Crippen MR) is 64.7 cm³/mol. The SMILES string of the molecule is C/C=C(/CCC=O)C1=C(C)C=CCC1C. The molecule has 0 fully saturated rings. The number of aldehydes is 1. The summed E-state index contributed by atoms with van der Waals surface area (Å²) in [6.07, 6.45) is 10.2. The number of carbonyl (C=O) groups excluding carboxylic acids is 1. The minimum atomic E-state index is 0.591. The number of allylic oxidation sites excluding steroid dienone is 6. The smallest absolute Gasteiger partial charge is 0.120 e. The van der Waals surface area contributed by atoms with E-state index in [2.05, 4.69) is 39.0 Å². The van der Waals surface area contributed by atoms with Crippen LogP contribution < -0.4 is 0 Å². The van der Waals surface area contributed by atoms with Gasteiger partial charge in [0.1, 0.15) is 6.29 Å². The van der Waals surface area contributed by atoms with Gasteiger partial charge in [0.2, 0.25) is 0 Å². The van der Waals surface area contributed by atoms with Gasteiger partial charge in [-0.25, -0.2) is 0 Å². The Balaban J connectivity index is 2.91. The Labute approximate surface area is 92.6 Å². The van der Waals surface area contributed by atoms with Crippen molar-refractivity contribution in [1.29, 1.82) is 0 Å². The first-order valence-corrected chi connectivity index (χ1v) is 5.67. The van der Waals surface area contributed by atoms with Crippen molar-refractivity contribution in [2.24, 2.45) is 5.92 Å². The van der Waals surface area contributed by atoms with Crippen LogP contribution in [0.25, 0.3) is 0 Å². The molecule has 1 aliphatic carbocycles. The second-order valence-electron chi connectivity index (χ2n) is 4.16. The maximum absolute atomic E-state index is 10.4. The average Bonchev–Trinajstić information content (AvgIpc) is 2.22. The standard InChI is InChI=1S/C14H20O/c1-4-13(9-6-10-15)14-11(2)7-5-8-12(14)3/h4-5,7,10,12H,6,8-9H2,1-3H3/b13-4-. The molecule has 1 heteroatoms. The second-order valence-corrected chi connectivity index (χ2v) is 4.16. The molecule has 0 radical (unpaired) electrons. The Morgan fingerprint density at radius 3 is 2.87 bits per heavy atom. The van der Waals surface area contributed by atoms with Gasteiger partial charge in [0.05, 0.1) is 0 Å². The van der Waals surface area contributed by atoms with Crippen LogP contribution in [0.5, 0.6) is 0 Å².